The van der Waals surface area contributed by atoms with E-state index in [9.17, 15) is 4.39 Å². The molecule has 0 N–H and O–H groups in total. The van der Waals surface area contributed by atoms with Crippen LogP contribution in [-0.2, 0) is 9.31 Å². The highest BCUT2D eigenvalue weighted by Gasteiger charge is 2.52. The van der Waals surface area contributed by atoms with Crippen LogP contribution in [-0.4, -0.2) is 23.3 Å². The second-order valence-electron chi connectivity index (χ2n) is 5.10. The van der Waals surface area contributed by atoms with Crippen LogP contribution >= 0.6 is 11.6 Å². The molecule has 0 aromatic carbocycles. The second kappa shape index (κ2) is 3.94. The molecule has 1 aromatic rings. The van der Waals surface area contributed by atoms with Crippen LogP contribution in [0.4, 0.5) is 4.39 Å². The molecule has 2 heterocycles. The van der Waals surface area contributed by atoms with Crippen molar-refractivity contribution in [1.82, 2.24) is 4.98 Å². The fourth-order valence-corrected chi connectivity index (χ4v) is 1.71. The Morgan fingerprint density at radius 3 is 2.18 bits per heavy atom. The summed E-state index contributed by atoms with van der Waals surface area (Å²) in [5, 5.41) is 0.114. The predicted octanol–water partition coefficient (Wildman–Crippen LogP) is 2.17. The lowest BCUT2D eigenvalue weighted by molar-refractivity contribution is 0.00578. The van der Waals surface area contributed by atoms with Gasteiger partial charge in [-0.15, -0.1) is 0 Å². The quantitative estimate of drug-likeness (QED) is 0.571. The van der Waals surface area contributed by atoms with Gasteiger partial charge in [-0.25, -0.2) is 4.98 Å². The van der Waals surface area contributed by atoms with Crippen LogP contribution in [0.3, 0.4) is 0 Å². The number of nitrogens with zero attached hydrogens (tertiary/aromatic N) is 1. The molecule has 1 aliphatic heterocycles. The average Bonchev–Trinajstić information content (AvgIpc) is 2.35. The number of halogens is 2. The molecule has 1 saturated heterocycles. The van der Waals surface area contributed by atoms with E-state index in [2.05, 4.69) is 4.98 Å². The van der Waals surface area contributed by atoms with Crippen LogP contribution in [0.15, 0.2) is 12.1 Å². The van der Waals surface area contributed by atoms with E-state index in [0.717, 1.165) is 0 Å². The van der Waals surface area contributed by atoms with Crippen LogP contribution in [0, 0.1) is 5.95 Å². The zero-order valence-corrected chi connectivity index (χ0v) is 11.0. The van der Waals surface area contributed by atoms with Crippen LogP contribution < -0.4 is 5.46 Å². The van der Waals surface area contributed by atoms with Crippen molar-refractivity contribution in [3.05, 3.63) is 23.2 Å². The van der Waals surface area contributed by atoms with Gasteiger partial charge in [-0.05, 0) is 33.8 Å². The topological polar surface area (TPSA) is 31.4 Å². The highest BCUT2D eigenvalue weighted by atomic mass is 35.5. The molecule has 0 amide bonds. The van der Waals surface area contributed by atoms with E-state index in [1.807, 2.05) is 27.7 Å². The third kappa shape index (κ3) is 2.19. The van der Waals surface area contributed by atoms with Crippen LogP contribution in [0.5, 0.6) is 0 Å². The molecule has 0 atom stereocenters. The lowest BCUT2D eigenvalue weighted by atomic mass is 9.80. The van der Waals surface area contributed by atoms with Gasteiger partial charge in [-0.3, -0.25) is 0 Å². The third-order valence-corrected chi connectivity index (χ3v) is 3.56. The first-order valence-corrected chi connectivity index (χ1v) is 5.78. The lowest BCUT2D eigenvalue weighted by Crippen LogP contribution is -2.41. The molecule has 0 aliphatic carbocycles. The second-order valence-corrected chi connectivity index (χ2v) is 5.49. The summed E-state index contributed by atoms with van der Waals surface area (Å²) in [6.07, 6.45) is 0. The van der Waals surface area contributed by atoms with E-state index in [1.165, 1.54) is 12.1 Å². The van der Waals surface area contributed by atoms with Crippen LogP contribution in [0.25, 0.3) is 0 Å². The number of pyridine rings is 1. The van der Waals surface area contributed by atoms with E-state index in [-0.39, 0.29) is 10.6 Å². The van der Waals surface area contributed by atoms with Gasteiger partial charge >= 0.3 is 7.12 Å². The maximum Gasteiger partial charge on any atom is 0.499 e. The third-order valence-electron chi connectivity index (χ3n) is 3.35. The molecule has 3 nitrogen and oxygen atoms in total. The van der Waals surface area contributed by atoms with Crippen molar-refractivity contribution >= 4 is 24.2 Å². The Bertz CT molecular complexity index is 437. The Labute approximate surface area is 105 Å². The fourth-order valence-electron chi connectivity index (χ4n) is 1.57. The smallest absolute Gasteiger partial charge is 0.399 e. The average molecular weight is 258 g/mol. The first-order chi connectivity index (χ1) is 7.73. The largest absolute Gasteiger partial charge is 0.499 e. The minimum absolute atomic E-state index is 0.114. The maximum absolute atomic E-state index is 13.7. The summed E-state index contributed by atoms with van der Waals surface area (Å²) in [6.45, 7) is 7.64. The summed E-state index contributed by atoms with van der Waals surface area (Å²) in [7, 11) is -0.746. The SMILES string of the molecule is CC1(C)OB(c2ccc(Cl)nc2F)OC1(C)C. The van der Waals surface area contributed by atoms with Gasteiger partial charge in [0.2, 0.25) is 5.95 Å². The highest BCUT2D eigenvalue weighted by molar-refractivity contribution is 6.62. The monoisotopic (exact) mass is 257 g/mol. The normalized spacial score (nSPS) is 21.9. The van der Waals surface area contributed by atoms with Gasteiger partial charge in [-0.1, -0.05) is 17.7 Å². The standard InChI is InChI=1S/C11H14BClFNO2/c1-10(2)11(3,4)17-12(16-10)7-5-6-8(13)15-9(7)14/h5-6H,1-4H3. The minimum atomic E-state index is -0.746. The predicted molar refractivity (Wildman–Crippen MR) is 64.9 cm³/mol. The Kier molecular flexibility index (Phi) is 2.96. The highest BCUT2D eigenvalue weighted by Crippen LogP contribution is 2.36. The van der Waals surface area contributed by atoms with Gasteiger partial charge in [0.1, 0.15) is 5.15 Å². The van der Waals surface area contributed by atoms with E-state index < -0.39 is 24.3 Å². The molecule has 0 radical (unpaired) electrons. The Balaban J connectivity index is 2.32. The molecule has 2 rings (SSSR count). The van der Waals surface area contributed by atoms with Gasteiger partial charge in [0.05, 0.1) is 11.2 Å². The first kappa shape index (κ1) is 12.8. The number of hydrogen-bond donors (Lipinski definition) is 0. The summed E-state index contributed by atoms with van der Waals surface area (Å²) in [5.74, 6) is -0.656. The number of aromatic nitrogens is 1. The Morgan fingerprint density at radius 2 is 1.71 bits per heavy atom. The molecule has 92 valence electrons. The molecule has 17 heavy (non-hydrogen) atoms. The molecule has 0 spiro atoms. The summed E-state index contributed by atoms with van der Waals surface area (Å²) >= 11 is 5.60. The van der Waals surface area contributed by atoms with Crippen LogP contribution in [0.2, 0.25) is 5.15 Å². The van der Waals surface area contributed by atoms with Gasteiger partial charge in [0.25, 0.3) is 0 Å². The molecule has 1 aromatic heterocycles. The Morgan fingerprint density at radius 1 is 1.18 bits per heavy atom. The molecule has 0 saturated carbocycles. The number of hydrogen-bond acceptors (Lipinski definition) is 3. The zero-order chi connectivity index (χ0) is 12.8. The van der Waals surface area contributed by atoms with Gasteiger partial charge in [0, 0.05) is 5.46 Å². The van der Waals surface area contributed by atoms with Crippen molar-refractivity contribution in [3.8, 4) is 0 Å². The van der Waals surface area contributed by atoms with Crippen molar-refractivity contribution in [1.29, 1.82) is 0 Å². The van der Waals surface area contributed by atoms with E-state index in [0.29, 0.717) is 0 Å². The van der Waals surface area contributed by atoms with E-state index in [1.54, 1.807) is 0 Å². The maximum atomic E-state index is 13.7. The number of rotatable bonds is 1. The van der Waals surface area contributed by atoms with E-state index >= 15 is 0 Å². The lowest BCUT2D eigenvalue weighted by Gasteiger charge is -2.32. The molecule has 6 heteroatoms. The molecule has 1 fully saturated rings. The van der Waals surface area contributed by atoms with Crippen molar-refractivity contribution in [2.75, 3.05) is 0 Å². The van der Waals surface area contributed by atoms with Gasteiger partial charge < -0.3 is 9.31 Å². The van der Waals surface area contributed by atoms with Crippen molar-refractivity contribution < 1.29 is 13.7 Å². The molecule has 0 unspecified atom stereocenters. The fraction of sp³-hybridized carbons (Fsp3) is 0.545. The summed E-state index contributed by atoms with van der Waals surface area (Å²) < 4.78 is 25.1. The minimum Gasteiger partial charge on any atom is -0.399 e. The van der Waals surface area contributed by atoms with Crippen molar-refractivity contribution in [3.63, 3.8) is 0 Å². The molecule has 1 aliphatic rings. The van der Waals surface area contributed by atoms with Crippen molar-refractivity contribution in [2.45, 2.75) is 38.9 Å². The van der Waals surface area contributed by atoms with E-state index in [4.69, 9.17) is 20.9 Å². The van der Waals surface area contributed by atoms with Crippen LogP contribution in [0.1, 0.15) is 27.7 Å². The Hall–Kier alpha value is -0.645. The first-order valence-electron chi connectivity index (χ1n) is 5.40. The zero-order valence-electron chi connectivity index (χ0n) is 10.3. The summed E-state index contributed by atoms with van der Waals surface area (Å²) in [5.41, 5.74) is -0.721. The molecular formula is C11H14BClFNO2. The van der Waals surface area contributed by atoms with Gasteiger partial charge in [0.15, 0.2) is 0 Å². The molecule has 0 bridgehead atoms. The van der Waals surface area contributed by atoms with Crippen molar-refractivity contribution in [2.24, 2.45) is 0 Å². The van der Waals surface area contributed by atoms with Gasteiger partial charge in [-0.2, -0.15) is 4.39 Å². The summed E-state index contributed by atoms with van der Waals surface area (Å²) in [4.78, 5) is 3.55. The molecular weight excluding hydrogens is 243 g/mol. The summed E-state index contributed by atoms with van der Waals surface area (Å²) in [6, 6.07) is 3.05.